The van der Waals surface area contributed by atoms with Crippen LogP contribution in [0.1, 0.15) is 24.3 Å². The van der Waals surface area contributed by atoms with E-state index >= 15 is 0 Å². The van der Waals surface area contributed by atoms with Crippen molar-refractivity contribution >= 4 is 40.9 Å². The number of alkyl halides is 3. The number of aliphatic carboxylic acids is 1. The van der Waals surface area contributed by atoms with Gasteiger partial charge in [-0.05, 0) is 61.7 Å². The third-order valence-electron chi connectivity index (χ3n) is 4.05. The van der Waals surface area contributed by atoms with Crippen molar-refractivity contribution in [2.75, 3.05) is 13.1 Å². The molecule has 1 fully saturated rings. The molecule has 2 aromatic carbocycles. The average molecular weight is 452 g/mol. The number of carboxylic acids is 1. The SMILES string of the molecule is Clc1ccc(Sc2ccccc2C2CCNCC2)c(Cl)c1.O=C(O)C(F)(F)F. The Morgan fingerprint density at radius 2 is 1.68 bits per heavy atom. The number of rotatable bonds is 3. The fraction of sp³-hybridized carbons (Fsp3) is 0.316. The molecular weight excluding hydrogens is 434 g/mol. The van der Waals surface area contributed by atoms with Crippen LogP contribution in [0.25, 0.3) is 0 Å². The lowest BCUT2D eigenvalue weighted by Gasteiger charge is -2.25. The summed E-state index contributed by atoms with van der Waals surface area (Å²) >= 11 is 14.0. The first-order valence-electron chi connectivity index (χ1n) is 8.41. The Morgan fingerprint density at radius 3 is 2.25 bits per heavy atom. The Labute approximate surface area is 175 Å². The van der Waals surface area contributed by atoms with Crippen LogP contribution in [0.5, 0.6) is 0 Å². The quantitative estimate of drug-likeness (QED) is 0.579. The van der Waals surface area contributed by atoms with Crippen molar-refractivity contribution < 1.29 is 23.1 Å². The zero-order valence-electron chi connectivity index (χ0n) is 14.6. The second-order valence-corrected chi connectivity index (χ2v) is 7.97. The van der Waals surface area contributed by atoms with E-state index in [1.165, 1.54) is 23.3 Å². The van der Waals surface area contributed by atoms with Crippen LogP contribution in [0.15, 0.2) is 52.3 Å². The van der Waals surface area contributed by atoms with Gasteiger partial charge in [0, 0.05) is 14.8 Å². The topological polar surface area (TPSA) is 49.3 Å². The smallest absolute Gasteiger partial charge is 0.475 e. The summed E-state index contributed by atoms with van der Waals surface area (Å²) in [7, 11) is 0. The van der Waals surface area contributed by atoms with Gasteiger partial charge >= 0.3 is 12.1 Å². The summed E-state index contributed by atoms with van der Waals surface area (Å²) in [5, 5.41) is 11.9. The Balaban J connectivity index is 0.000000345. The number of nitrogens with one attached hydrogen (secondary N) is 1. The van der Waals surface area contributed by atoms with Gasteiger partial charge in [-0.2, -0.15) is 13.2 Å². The van der Waals surface area contributed by atoms with E-state index in [0.717, 1.165) is 18.0 Å². The first-order valence-corrected chi connectivity index (χ1v) is 9.98. The van der Waals surface area contributed by atoms with E-state index in [4.69, 9.17) is 33.1 Å². The number of hydrogen-bond donors (Lipinski definition) is 2. The molecular formula is C19H18Cl2F3NO2S. The fourth-order valence-corrected chi connectivity index (χ4v) is 4.27. The Hall–Kier alpha value is -1.41. The lowest BCUT2D eigenvalue weighted by molar-refractivity contribution is -0.192. The van der Waals surface area contributed by atoms with Crippen molar-refractivity contribution in [1.82, 2.24) is 5.32 Å². The second kappa shape index (κ2) is 10.4. The fourth-order valence-electron chi connectivity index (χ4n) is 2.72. The molecule has 9 heteroatoms. The van der Waals surface area contributed by atoms with Crippen molar-refractivity contribution in [1.29, 1.82) is 0 Å². The van der Waals surface area contributed by atoms with E-state index in [-0.39, 0.29) is 0 Å². The number of piperidine rings is 1. The van der Waals surface area contributed by atoms with Crippen LogP contribution < -0.4 is 5.32 Å². The molecule has 0 amide bonds. The van der Waals surface area contributed by atoms with Gasteiger partial charge in [-0.3, -0.25) is 0 Å². The molecule has 28 heavy (non-hydrogen) atoms. The molecule has 3 rings (SSSR count). The molecule has 1 saturated heterocycles. The largest absolute Gasteiger partial charge is 0.490 e. The third kappa shape index (κ3) is 6.88. The highest BCUT2D eigenvalue weighted by Gasteiger charge is 2.38. The summed E-state index contributed by atoms with van der Waals surface area (Å²) in [6, 6.07) is 14.4. The van der Waals surface area contributed by atoms with Crippen LogP contribution in [-0.2, 0) is 4.79 Å². The van der Waals surface area contributed by atoms with Gasteiger partial charge in [-0.1, -0.05) is 53.2 Å². The summed E-state index contributed by atoms with van der Waals surface area (Å²) < 4.78 is 31.7. The summed E-state index contributed by atoms with van der Waals surface area (Å²) in [4.78, 5) is 11.3. The van der Waals surface area contributed by atoms with Crippen molar-refractivity contribution in [3.63, 3.8) is 0 Å². The van der Waals surface area contributed by atoms with Gasteiger partial charge in [-0.15, -0.1) is 0 Å². The molecule has 0 atom stereocenters. The minimum Gasteiger partial charge on any atom is -0.475 e. The molecule has 3 nitrogen and oxygen atoms in total. The monoisotopic (exact) mass is 451 g/mol. The summed E-state index contributed by atoms with van der Waals surface area (Å²) in [5.41, 5.74) is 1.44. The van der Waals surface area contributed by atoms with Crippen LogP contribution >= 0.6 is 35.0 Å². The molecule has 1 heterocycles. The number of halogens is 5. The zero-order chi connectivity index (χ0) is 20.7. The van der Waals surface area contributed by atoms with Gasteiger partial charge in [0.25, 0.3) is 0 Å². The van der Waals surface area contributed by atoms with Crippen molar-refractivity contribution in [2.45, 2.75) is 34.7 Å². The summed E-state index contributed by atoms with van der Waals surface area (Å²) in [6.07, 6.45) is -2.68. The van der Waals surface area contributed by atoms with Gasteiger partial charge in [-0.25, -0.2) is 4.79 Å². The highest BCUT2D eigenvalue weighted by atomic mass is 35.5. The van der Waals surface area contributed by atoms with Crippen LogP contribution in [0.4, 0.5) is 13.2 Å². The van der Waals surface area contributed by atoms with Crippen LogP contribution in [0.2, 0.25) is 10.0 Å². The molecule has 0 spiro atoms. The molecule has 2 aromatic rings. The van der Waals surface area contributed by atoms with Crippen LogP contribution in [0, 0.1) is 0 Å². The van der Waals surface area contributed by atoms with E-state index < -0.39 is 12.1 Å². The molecule has 1 aliphatic heterocycles. The van der Waals surface area contributed by atoms with Gasteiger partial charge < -0.3 is 10.4 Å². The van der Waals surface area contributed by atoms with Crippen LogP contribution in [0.3, 0.4) is 0 Å². The predicted octanol–water partition coefficient (Wildman–Crippen LogP) is 6.24. The molecule has 2 N–H and O–H groups in total. The molecule has 0 radical (unpaired) electrons. The minimum absolute atomic E-state index is 0.640. The number of hydrogen-bond acceptors (Lipinski definition) is 3. The Kier molecular flexibility index (Phi) is 8.49. The van der Waals surface area contributed by atoms with E-state index in [1.54, 1.807) is 17.8 Å². The van der Waals surface area contributed by atoms with Gasteiger partial charge in [0.1, 0.15) is 0 Å². The van der Waals surface area contributed by atoms with E-state index in [1.807, 2.05) is 12.1 Å². The standard InChI is InChI=1S/C17H17Cl2NS.C2HF3O2/c18-13-5-6-17(15(19)11-13)21-16-4-2-1-3-14(16)12-7-9-20-10-8-12;3-2(4,5)1(6)7/h1-6,11-12,20H,7-10H2;(H,6,7). The lowest BCUT2D eigenvalue weighted by atomic mass is 9.90. The molecule has 0 aromatic heterocycles. The molecule has 0 aliphatic carbocycles. The molecule has 152 valence electrons. The molecule has 1 aliphatic rings. The van der Waals surface area contributed by atoms with Crippen molar-refractivity contribution in [3.05, 3.63) is 58.1 Å². The second-order valence-electron chi connectivity index (χ2n) is 6.04. The summed E-state index contributed by atoms with van der Waals surface area (Å²) in [6.45, 7) is 2.21. The van der Waals surface area contributed by atoms with Crippen molar-refractivity contribution in [2.24, 2.45) is 0 Å². The number of carbonyl (C=O) groups is 1. The van der Waals surface area contributed by atoms with Crippen molar-refractivity contribution in [3.8, 4) is 0 Å². The van der Waals surface area contributed by atoms with Gasteiger partial charge in [0.15, 0.2) is 0 Å². The third-order valence-corrected chi connectivity index (χ3v) is 5.88. The first-order chi connectivity index (χ1) is 13.2. The highest BCUT2D eigenvalue weighted by Crippen LogP contribution is 2.40. The minimum atomic E-state index is -5.08. The predicted molar refractivity (Wildman–Crippen MR) is 106 cm³/mol. The van der Waals surface area contributed by atoms with Crippen LogP contribution in [-0.4, -0.2) is 30.3 Å². The molecule has 0 saturated carbocycles. The molecule has 0 unspecified atom stereocenters. The Bertz CT molecular complexity index is 812. The number of benzene rings is 2. The lowest BCUT2D eigenvalue weighted by Crippen LogP contribution is -2.26. The average Bonchev–Trinajstić information content (AvgIpc) is 2.65. The van der Waals surface area contributed by atoms with Gasteiger partial charge in [0.05, 0.1) is 5.02 Å². The summed E-state index contributed by atoms with van der Waals surface area (Å²) in [5.74, 6) is -2.12. The maximum Gasteiger partial charge on any atom is 0.490 e. The maximum absolute atomic E-state index is 10.6. The highest BCUT2D eigenvalue weighted by molar-refractivity contribution is 7.99. The van der Waals surface area contributed by atoms with Gasteiger partial charge in [0.2, 0.25) is 0 Å². The zero-order valence-corrected chi connectivity index (χ0v) is 16.9. The first kappa shape index (κ1) is 22.9. The normalized spacial score (nSPS) is 14.9. The molecule has 0 bridgehead atoms. The van der Waals surface area contributed by atoms with E-state index in [9.17, 15) is 13.2 Å². The van der Waals surface area contributed by atoms with E-state index in [0.29, 0.717) is 16.0 Å². The maximum atomic E-state index is 10.6. The number of carboxylic acid groups (broad SMARTS) is 1. The Morgan fingerprint density at radius 1 is 1.07 bits per heavy atom. The van der Waals surface area contributed by atoms with E-state index in [2.05, 4.69) is 29.6 Å².